The minimum atomic E-state index is -0.541. The Balaban J connectivity index is 3.81. The van der Waals surface area contributed by atoms with E-state index in [0.29, 0.717) is 6.54 Å². The van der Waals surface area contributed by atoms with Crippen molar-refractivity contribution in [3.8, 4) is 0 Å². The van der Waals surface area contributed by atoms with E-state index >= 15 is 0 Å². The van der Waals surface area contributed by atoms with Gasteiger partial charge in [-0.05, 0) is 40.5 Å². The number of carbonyl (C=O) groups excluding carboxylic acids is 1. The molecule has 2 atom stereocenters. The van der Waals surface area contributed by atoms with E-state index in [1.165, 1.54) is 0 Å². The molecule has 0 aromatic heterocycles. The average Bonchev–Trinajstić information content (AvgIpc) is 2.36. The van der Waals surface area contributed by atoms with E-state index in [-0.39, 0.29) is 18.5 Å². The molecule has 0 aromatic carbocycles. The van der Waals surface area contributed by atoms with E-state index in [0.717, 1.165) is 25.8 Å². The summed E-state index contributed by atoms with van der Waals surface area (Å²) in [5.41, 5.74) is 0. The van der Waals surface area contributed by atoms with Crippen LogP contribution in [0.4, 0.5) is 0 Å². The summed E-state index contributed by atoms with van der Waals surface area (Å²) in [6.07, 6.45) is 2.33. The minimum Gasteiger partial charge on any atom is -0.390 e. The highest BCUT2D eigenvalue weighted by Gasteiger charge is 2.16. The number of aliphatic hydroxyl groups is 1. The van der Waals surface area contributed by atoms with Crippen molar-refractivity contribution in [2.24, 2.45) is 0 Å². The average molecular weight is 260 g/mol. The molecule has 0 bridgehead atoms. The first-order valence-corrected chi connectivity index (χ1v) is 6.58. The Morgan fingerprint density at radius 3 is 2.39 bits per heavy atom. The summed E-state index contributed by atoms with van der Waals surface area (Å²) in [5, 5.41) is 21.2. The molecule has 0 aromatic rings. The van der Waals surface area contributed by atoms with E-state index in [1.54, 1.807) is 14.1 Å². The first-order chi connectivity index (χ1) is 8.65. The molecule has 0 spiro atoms. The van der Waals surface area contributed by atoms with Crippen LogP contribution in [-0.2, 0) is 4.79 Å². The van der Waals surface area contributed by atoms with Gasteiger partial charge in [-0.1, -0.05) is 6.42 Å². The van der Waals surface area contributed by atoms with Crippen molar-refractivity contribution in [2.45, 2.75) is 31.4 Å². The minimum absolute atomic E-state index is 0.0443. The highest BCUT2D eigenvalue weighted by molar-refractivity contribution is 5.81. The van der Waals surface area contributed by atoms with E-state index in [9.17, 15) is 9.90 Å². The van der Waals surface area contributed by atoms with E-state index in [2.05, 4.69) is 21.3 Å². The van der Waals surface area contributed by atoms with Crippen LogP contribution in [0.2, 0.25) is 0 Å². The van der Waals surface area contributed by atoms with Crippen LogP contribution >= 0.6 is 0 Å². The number of likely N-dealkylation sites (N-methyl/N-ethyl adjacent to an activating group) is 2. The van der Waals surface area contributed by atoms with Crippen molar-refractivity contribution in [3.05, 3.63) is 0 Å². The third-order valence-corrected chi connectivity index (χ3v) is 2.79. The monoisotopic (exact) mass is 260 g/mol. The van der Waals surface area contributed by atoms with E-state index in [4.69, 9.17) is 0 Å². The molecule has 6 nitrogen and oxygen atoms in total. The van der Waals surface area contributed by atoms with Gasteiger partial charge in [0.1, 0.15) is 0 Å². The first-order valence-electron chi connectivity index (χ1n) is 6.58. The van der Waals surface area contributed by atoms with Crippen LogP contribution in [0.25, 0.3) is 0 Å². The summed E-state index contributed by atoms with van der Waals surface area (Å²) < 4.78 is 0. The number of hydrogen-bond acceptors (Lipinski definition) is 5. The number of amides is 1. The number of aliphatic hydroxyl groups excluding tert-OH is 1. The molecule has 5 N–H and O–H groups in total. The topological polar surface area (TPSA) is 85.4 Å². The maximum absolute atomic E-state index is 11.8. The lowest BCUT2D eigenvalue weighted by atomic mass is 10.1. The van der Waals surface area contributed by atoms with Crippen molar-refractivity contribution in [1.82, 2.24) is 21.3 Å². The van der Waals surface area contributed by atoms with Gasteiger partial charge in [-0.25, -0.2) is 0 Å². The molecule has 0 saturated carbocycles. The molecule has 0 aliphatic heterocycles. The molecule has 0 saturated heterocycles. The summed E-state index contributed by atoms with van der Waals surface area (Å²) in [7, 11) is 5.47. The van der Waals surface area contributed by atoms with Crippen LogP contribution in [0.3, 0.4) is 0 Å². The quantitative estimate of drug-likeness (QED) is 0.297. The number of rotatable bonds is 11. The molecule has 1 amide bonds. The molecule has 18 heavy (non-hydrogen) atoms. The van der Waals surface area contributed by atoms with Crippen LogP contribution in [0.5, 0.6) is 0 Å². The van der Waals surface area contributed by atoms with Gasteiger partial charge in [0.15, 0.2) is 0 Å². The fraction of sp³-hybridized carbons (Fsp3) is 0.917. The summed E-state index contributed by atoms with van der Waals surface area (Å²) in [6, 6.07) is -0.177. The fourth-order valence-corrected chi connectivity index (χ4v) is 1.71. The normalized spacial score (nSPS) is 14.2. The smallest absolute Gasteiger partial charge is 0.237 e. The third-order valence-electron chi connectivity index (χ3n) is 2.79. The number of hydrogen-bond donors (Lipinski definition) is 5. The summed E-state index contributed by atoms with van der Waals surface area (Å²) in [5.74, 6) is -0.0443. The highest BCUT2D eigenvalue weighted by atomic mass is 16.3. The van der Waals surface area contributed by atoms with Crippen LogP contribution in [0.1, 0.15) is 19.3 Å². The van der Waals surface area contributed by atoms with Crippen molar-refractivity contribution >= 4 is 5.91 Å². The zero-order chi connectivity index (χ0) is 13.8. The lowest BCUT2D eigenvalue weighted by Gasteiger charge is -2.17. The molecule has 0 rings (SSSR count). The van der Waals surface area contributed by atoms with Gasteiger partial charge in [-0.2, -0.15) is 0 Å². The molecule has 0 fully saturated rings. The van der Waals surface area contributed by atoms with Gasteiger partial charge < -0.3 is 26.4 Å². The second kappa shape index (κ2) is 11.4. The Kier molecular flexibility index (Phi) is 11.0. The van der Waals surface area contributed by atoms with Gasteiger partial charge in [0.05, 0.1) is 12.1 Å². The molecule has 1 unspecified atom stereocenters. The highest BCUT2D eigenvalue weighted by Crippen LogP contribution is 2.00. The third kappa shape index (κ3) is 8.41. The zero-order valence-electron chi connectivity index (χ0n) is 11.8. The van der Waals surface area contributed by atoms with Crippen LogP contribution in [0.15, 0.2) is 0 Å². The molecule has 108 valence electrons. The van der Waals surface area contributed by atoms with Crippen molar-refractivity contribution in [3.63, 3.8) is 0 Å². The Bertz CT molecular complexity index is 214. The van der Waals surface area contributed by atoms with Crippen LogP contribution in [0, 0.1) is 0 Å². The van der Waals surface area contributed by atoms with Gasteiger partial charge in [-0.15, -0.1) is 0 Å². The standard InChI is InChI=1S/C12H28N4O2/c1-13-7-5-4-6-11(15-3)12(18)16-9-10(17)8-14-2/h10-11,13-15,17H,4-9H2,1-3H3,(H,16,18)/t10?,11-/m0/s1. The SMILES string of the molecule is CNCCCC[C@H](NC)C(=O)NCC(O)CNC. The second-order valence-electron chi connectivity index (χ2n) is 4.40. The van der Waals surface area contributed by atoms with Crippen molar-refractivity contribution in [2.75, 3.05) is 40.8 Å². The Labute approximate surface area is 110 Å². The molecule has 0 aliphatic carbocycles. The zero-order valence-corrected chi connectivity index (χ0v) is 11.8. The largest absolute Gasteiger partial charge is 0.390 e. The molecular weight excluding hydrogens is 232 g/mol. The molecule has 6 heteroatoms. The molecule has 0 aliphatic rings. The van der Waals surface area contributed by atoms with E-state index in [1.807, 2.05) is 7.05 Å². The van der Waals surface area contributed by atoms with Crippen LogP contribution in [-0.4, -0.2) is 63.9 Å². The first kappa shape index (κ1) is 17.3. The van der Waals surface area contributed by atoms with E-state index < -0.39 is 6.10 Å². The van der Waals surface area contributed by atoms with Gasteiger partial charge in [-0.3, -0.25) is 4.79 Å². The molecule has 0 heterocycles. The van der Waals surface area contributed by atoms with Gasteiger partial charge in [0.2, 0.25) is 5.91 Å². The van der Waals surface area contributed by atoms with Crippen molar-refractivity contribution in [1.29, 1.82) is 0 Å². The maximum Gasteiger partial charge on any atom is 0.237 e. The van der Waals surface area contributed by atoms with Gasteiger partial charge in [0, 0.05) is 13.1 Å². The number of carbonyl (C=O) groups is 1. The summed E-state index contributed by atoms with van der Waals surface area (Å²) in [4.78, 5) is 11.8. The number of unbranched alkanes of at least 4 members (excludes halogenated alkanes) is 1. The lowest BCUT2D eigenvalue weighted by molar-refractivity contribution is -0.123. The maximum atomic E-state index is 11.8. The molecule has 0 radical (unpaired) electrons. The predicted molar refractivity (Wildman–Crippen MR) is 73.6 cm³/mol. The summed E-state index contributed by atoms with van der Waals surface area (Å²) >= 11 is 0. The predicted octanol–water partition coefficient (Wildman–Crippen LogP) is -1.34. The van der Waals surface area contributed by atoms with Gasteiger partial charge >= 0.3 is 0 Å². The summed E-state index contributed by atoms with van der Waals surface area (Å²) in [6.45, 7) is 1.74. The Hall–Kier alpha value is -0.690. The Morgan fingerprint density at radius 1 is 1.11 bits per heavy atom. The van der Waals surface area contributed by atoms with Gasteiger partial charge in [0.25, 0.3) is 0 Å². The van der Waals surface area contributed by atoms with Crippen molar-refractivity contribution < 1.29 is 9.90 Å². The second-order valence-corrected chi connectivity index (χ2v) is 4.40. The Morgan fingerprint density at radius 2 is 1.83 bits per heavy atom. The fourth-order valence-electron chi connectivity index (χ4n) is 1.71. The van der Waals surface area contributed by atoms with Crippen LogP contribution < -0.4 is 21.3 Å². The molecular formula is C12H28N4O2. The number of nitrogens with one attached hydrogen (secondary N) is 4. The lowest BCUT2D eigenvalue weighted by Crippen LogP contribution is -2.46.